The SMILES string of the molecule is C[C@H]1CCCN1c1cnc2ccc(C(=O)OCCl)cc2c1. The Bertz CT molecular complexity index is 674. The predicted molar refractivity (Wildman–Crippen MR) is 83.9 cm³/mol. The number of esters is 1. The van der Waals surface area contributed by atoms with Crippen LogP contribution in [0.15, 0.2) is 30.5 Å². The smallest absolute Gasteiger partial charge is 0.339 e. The zero-order valence-electron chi connectivity index (χ0n) is 11.9. The average Bonchev–Trinajstić information content (AvgIpc) is 2.92. The van der Waals surface area contributed by atoms with Crippen molar-refractivity contribution >= 4 is 34.2 Å². The van der Waals surface area contributed by atoms with Gasteiger partial charge in [-0.1, -0.05) is 11.6 Å². The molecule has 21 heavy (non-hydrogen) atoms. The van der Waals surface area contributed by atoms with E-state index in [-0.39, 0.29) is 6.07 Å². The van der Waals surface area contributed by atoms with Gasteiger partial charge in [-0.25, -0.2) is 4.79 Å². The van der Waals surface area contributed by atoms with Crippen molar-refractivity contribution in [2.24, 2.45) is 0 Å². The molecule has 1 aromatic heterocycles. The highest BCUT2D eigenvalue weighted by Gasteiger charge is 2.21. The maximum Gasteiger partial charge on any atom is 0.339 e. The number of pyridine rings is 1. The lowest BCUT2D eigenvalue weighted by Gasteiger charge is -2.23. The molecule has 0 spiro atoms. The number of carbonyl (C=O) groups is 1. The van der Waals surface area contributed by atoms with Crippen LogP contribution in [0.1, 0.15) is 30.1 Å². The second kappa shape index (κ2) is 5.90. The third kappa shape index (κ3) is 2.81. The zero-order chi connectivity index (χ0) is 14.8. The molecule has 2 aromatic rings. The molecule has 2 heterocycles. The minimum absolute atomic E-state index is 0.138. The highest BCUT2D eigenvalue weighted by molar-refractivity contribution is 6.17. The highest BCUT2D eigenvalue weighted by Crippen LogP contribution is 2.27. The average molecular weight is 305 g/mol. The van der Waals surface area contributed by atoms with E-state index in [1.54, 1.807) is 12.1 Å². The van der Waals surface area contributed by atoms with Gasteiger partial charge in [0.05, 0.1) is 23.0 Å². The highest BCUT2D eigenvalue weighted by atomic mass is 35.5. The van der Waals surface area contributed by atoms with Crippen LogP contribution in [0.3, 0.4) is 0 Å². The number of benzene rings is 1. The summed E-state index contributed by atoms with van der Waals surface area (Å²) in [6.45, 7) is 3.29. The summed E-state index contributed by atoms with van der Waals surface area (Å²) in [4.78, 5) is 18.6. The number of anilines is 1. The molecule has 3 rings (SSSR count). The van der Waals surface area contributed by atoms with Crippen molar-refractivity contribution < 1.29 is 9.53 Å². The first-order chi connectivity index (χ1) is 10.2. The van der Waals surface area contributed by atoms with E-state index in [2.05, 4.69) is 22.9 Å². The third-order valence-corrected chi connectivity index (χ3v) is 4.08. The van der Waals surface area contributed by atoms with Gasteiger partial charge in [0, 0.05) is 18.0 Å². The van der Waals surface area contributed by atoms with Gasteiger partial charge in [0.2, 0.25) is 0 Å². The lowest BCUT2D eigenvalue weighted by atomic mass is 10.1. The predicted octanol–water partition coefficient (Wildman–Crippen LogP) is 3.58. The van der Waals surface area contributed by atoms with Crippen LogP contribution >= 0.6 is 11.6 Å². The first-order valence-electron chi connectivity index (χ1n) is 7.08. The number of nitrogens with zero attached hydrogens (tertiary/aromatic N) is 2. The van der Waals surface area contributed by atoms with Crippen LogP contribution in [0, 0.1) is 0 Å². The molecule has 4 nitrogen and oxygen atoms in total. The van der Waals surface area contributed by atoms with Gasteiger partial charge < -0.3 is 9.64 Å². The third-order valence-electron chi connectivity index (χ3n) is 3.97. The fraction of sp³-hybridized carbons (Fsp3) is 0.375. The summed E-state index contributed by atoms with van der Waals surface area (Å²) in [6, 6.07) is 7.83. The van der Waals surface area contributed by atoms with Crippen molar-refractivity contribution in [3.05, 3.63) is 36.0 Å². The van der Waals surface area contributed by atoms with Gasteiger partial charge >= 0.3 is 5.97 Å². The maximum atomic E-state index is 11.7. The number of ether oxygens (including phenoxy) is 1. The van der Waals surface area contributed by atoms with Gasteiger partial charge in [0.15, 0.2) is 6.07 Å². The molecule has 1 aliphatic rings. The van der Waals surface area contributed by atoms with E-state index in [0.717, 1.165) is 23.1 Å². The Morgan fingerprint density at radius 1 is 1.48 bits per heavy atom. The molecule has 0 radical (unpaired) electrons. The normalized spacial score (nSPS) is 18.2. The molecule has 5 heteroatoms. The molecule has 110 valence electrons. The van der Waals surface area contributed by atoms with Crippen LogP contribution in [0.25, 0.3) is 10.9 Å². The van der Waals surface area contributed by atoms with E-state index >= 15 is 0 Å². The molecule has 0 unspecified atom stereocenters. The Kier molecular flexibility index (Phi) is 3.97. The Balaban J connectivity index is 1.97. The summed E-state index contributed by atoms with van der Waals surface area (Å²) in [7, 11) is 0. The van der Waals surface area contributed by atoms with E-state index in [1.807, 2.05) is 12.3 Å². The monoisotopic (exact) mass is 304 g/mol. The number of carbonyl (C=O) groups excluding carboxylic acids is 1. The summed E-state index contributed by atoms with van der Waals surface area (Å²) < 4.78 is 4.82. The van der Waals surface area contributed by atoms with E-state index in [1.165, 1.54) is 12.8 Å². The van der Waals surface area contributed by atoms with Gasteiger partial charge in [-0.05, 0) is 44.0 Å². The lowest BCUT2D eigenvalue weighted by Crippen LogP contribution is -2.26. The Labute approximate surface area is 128 Å². The number of hydrogen-bond acceptors (Lipinski definition) is 4. The molecule has 1 aromatic carbocycles. The topological polar surface area (TPSA) is 42.4 Å². The molecule has 1 atom stereocenters. The molecule has 0 saturated carbocycles. The van der Waals surface area contributed by atoms with E-state index < -0.39 is 5.97 Å². The van der Waals surface area contributed by atoms with Crippen molar-refractivity contribution in [2.45, 2.75) is 25.8 Å². The first-order valence-corrected chi connectivity index (χ1v) is 7.62. The molecule has 0 N–H and O–H groups in total. The molecule has 0 bridgehead atoms. The maximum absolute atomic E-state index is 11.7. The zero-order valence-corrected chi connectivity index (χ0v) is 12.6. The number of fused-ring (bicyclic) bond motifs is 1. The van der Waals surface area contributed by atoms with Gasteiger partial charge in [0.25, 0.3) is 0 Å². The van der Waals surface area contributed by atoms with Crippen molar-refractivity contribution in [2.75, 3.05) is 17.5 Å². The summed E-state index contributed by atoms with van der Waals surface area (Å²) >= 11 is 5.43. The van der Waals surface area contributed by atoms with E-state index in [0.29, 0.717) is 11.6 Å². The van der Waals surface area contributed by atoms with Crippen molar-refractivity contribution in [3.8, 4) is 0 Å². The van der Waals surface area contributed by atoms with Crippen LogP contribution in [0.2, 0.25) is 0 Å². The van der Waals surface area contributed by atoms with Crippen LogP contribution in [-0.4, -0.2) is 29.6 Å². The molecular formula is C16H17ClN2O2. The number of halogens is 1. The fourth-order valence-electron chi connectivity index (χ4n) is 2.85. The molecule has 1 saturated heterocycles. The Morgan fingerprint density at radius 3 is 3.05 bits per heavy atom. The Morgan fingerprint density at radius 2 is 2.33 bits per heavy atom. The minimum Gasteiger partial charge on any atom is -0.446 e. The van der Waals surface area contributed by atoms with Crippen LogP contribution < -0.4 is 4.90 Å². The number of rotatable bonds is 3. The molecule has 1 aliphatic heterocycles. The van der Waals surface area contributed by atoms with Crippen molar-refractivity contribution in [1.29, 1.82) is 0 Å². The number of aromatic nitrogens is 1. The van der Waals surface area contributed by atoms with Crippen LogP contribution in [-0.2, 0) is 4.74 Å². The molecular weight excluding hydrogens is 288 g/mol. The standard InChI is InChI=1S/C16H17ClN2O2/c1-11-3-2-6-19(11)14-8-13-7-12(16(20)21-10-17)4-5-15(13)18-9-14/h4-5,7-9,11H,2-3,6,10H2,1H3/t11-/m0/s1. The summed E-state index contributed by atoms with van der Waals surface area (Å²) in [6.07, 6.45) is 4.32. The van der Waals surface area contributed by atoms with E-state index in [9.17, 15) is 4.79 Å². The van der Waals surface area contributed by atoms with Gasteiger partial charge in [-0.15, -0.1) is 0 Å². The first kappa shape index (κ1) is 14.1. The fourth-order valence-corrected chi connectivity index (χ4v) is 2.95. The number of alkyl halides is 1. The number of hydrogen-bond donors (Lipinski definition) is 0. The lowest BCUT2D eigenvalue weighted by molar-refractivity contribution is 0.0574. The van der Waals surface area contributed by atoms with Crippen LogP contribution in [0.5, 0.6) is 0 Å². The minimum atomic E-state index is -0.410. The van der Waals surface area contributed by atoms with Crippen molar-refractivity contribution in [3.63, 3.8) is 0 Å². The van der Waals surface area contributed by atoms with Gasteiger partial charge in [0.1, 0.15) is 0 Å². The van der Waals surface area contributed by atoms with Gasteiger partial charge in [-0.2, -0.15) is 0 Å². The molecule has 0 aliphatic carbocycles. The second-order valence-electron chi connectivity index (χ2n) is 5.33. The molecule has 0 amide bonds. The molecule has 1 fully saturated rings. The quantitative estimate of drug-likeness (QED) is 0.642. The summed E-state index contributed by atoms with van der Waals surface area (Å²) in [5.74, 6) is -0.410. The van der Waals surface area contributed by atoms with E-state index in [4.69, 9.17) is 16.3 Å². The second-order valence-corrected chi connectivity index (χ2v) is 5.54. The summed E-state index contributed by atoms with van der Waals surface area (Å²) in [5, 5.41) is 0.940. The summed E-state index contributed by atoms with van der Waals surface area (Å²) in [5.41, 5.74) is 2.47. The Hall–Kier alpha value is -1.81. The largest absolute Gasteiger partial charge is 0.446 e. The van der Waals surface area contributed by atoms with Crippen LogP contribution in [0.4, 0.5) is 5.69 Å². The van der Waals surface area contributed by atoms with Gasteiger partial charge in [-0.3, -0.25) is 4.98 Å². The van der Waals surface area contributed by atoms with Crippen molar-refractivity contribution in [1.82, 2.24) is 4.98 Å².